The van der Waals surface area contributed by atoms with Crippen molar-refractivity contribution in [1.82, 2.24) is 10.2 Å². The zero-order chi connectivity index (χ0) is 15.8. The van der Waals surface area contributed by atoms with Gasteiger partial charge in [0.2, 0.25) is 0 Å². The molecular weight excluding hydrogens is 284 g/mol. The number of hydrogen-bond donors (Lipinski definition) is 2. The van der Waals surface area contributed by atoms with Crippen LogP contribution in [-0.4, -0.2) is 10.2 Å². The van der Waals surface area contributed by atoms with E-state index in [1.165, 1.54) is 22.3 Å². The van der Waals surface area contributed by atoms with Gasteiger partial charge in [-0.25, -0.2) is 0 Å². The Labute approximate surface area is 134 Å². The number of H-pyrrole nitrogens is 2. The lowest BCUT2D eigenvalue weighted by molar-refractivity contribution is 0.825. The Morgan fingerprint density at radius 3 is 2.43 bits per heavy atom. The van der Waals surface area contributed by atoms with Gasteiger partial charge in [-0.2, -0.15) is 0 Å². The van der Waals surface area contributed by atoms with E-state index >= 15 is 0 Å². The molecule has 1 atom stereocenters. The fourth-order valence-corrected chi connectivity index (χ4v) is 3.33. The van der Waals surface area contributed by atoms with Gasteiger partial charge in [-0.3, -0.25) is 15.0 Å². The Morgan fingerprint density at radius 2 is 1.70 bits per heavy atom. The summed E-state index contributed by atoms with van der Waals surface area (Å²) in [5.74, 6) is 0.0857. The third-order valence-electron chi connectivity index (χ3n) is 4.56. The molecule has 0 saturated carbocycles. The zero-order valence-corrected chi connectivity index (χ0v) is 13.0. The summed E-state index contributed by atoms with van der Waals surface area (Å²) in [5, 5.41) is 5.76. The molecule has 3 heteroatoms. The zero-order valence-electron chi connectivity index (χ0n) is 13.0. The first-order valence-electron chi connectivity index (χ1n) is 7.85. The second-order valence-electron chi connectivity index (χ2n) is 6.11. The minimum Gasteiger partial charge on any atom is -0.298 e. The topological polar surface area (TPSA) is 48.6 Å². The van der Waals surface area contributed by atoms with Crippen molar-refractivity contribution < 1.29 is 0 Å². The molecule has 3 aromatic rings. The summed E-state index contributed by atoms with van der Waals surface area (Å²) in [6.45, 7) is 2.09. The Hall–Kier alpha value is -2.81. The summed E-state index contributed by atoms with van der Waals surface area (Å²) >= 11 is 0. The third-order valence-corrected chi connectivity index (χ3v) is 4.56. The smallest absolute Gasteiger partial charge is 0.268 e. The highest BCUT2D eigenvalue weighted by molar-refractivity contribution is 5.84. The molecule has 1 aliphatic rings. The van der Waals surface area contributed by atoms with Gasteiger partial charge in [-0.1, -0.05) is 60.2 Å². The molecule has 0 bridgehead atoms. The lowest BCUT2D eigenvalue weighted by atomic mass is 9.80. The molecule has 1 unspecified atom stereocenters. The van der Waals surface area contributed by atoms with E-state index in [1.54, 1.807) is 0 Å². The van der Waals surface area contributed by atoms with Crippen molar-refractivity contribution in [2.24, 2.45) is 0 Å². The highest BCUT2D eigenvalue weighted by Gasteiger charge is 2.27. The molecule has 1 aliphatic carbocycles. The largest absolute Gasteiger partial charge is 0.298 e. The minimum atomic E-state index is -0.0203. The number of rotatable bonds is 2. The third kappa shape index (κ3) is 2.44. The van der Waals surface area contributed by atoms with Crippen LogP contribution in [0.25, 0.3) is 11.6 Å². The summed E-state index contributed by atoms with van der Waals surface area (Å²) in [6, 6.07) is 18.8. The second-order valence-corrected chi connectivity index (χ2v) is 6.11. The number of aromatic amines is 2. The molecule has 2 N–H and O–H groups in total. The average molecular weight is 302 g/mol. The maximum absolute atomic E-state index is 12.2. The molecule has 0 aliphatic heterocycles. The predicted octanol–water partition coefficient (Wildman–Crippen LogP) is 4.09. The van der Waals surface area contributed by atoms with E-state index < -0.39 is 0 Å². The van der Waals surface area contributed by atoms with Crippen LogP contribution in [0.3, 0.4) is 0 Å². The molecule has 114 valence electrons. The van der Waals surface area contributed by atoms with Crippen LogP contribution < -0.4 is 5.56 Å². The molecule has 3 nitrogen and oxygen atoms in total. The first kappa shape index (κ1) is 13.8. The summed E-state index contributed by atoms with van der Waals surface area (Å²) in [6.07, 6.45) is 2.93. The monoisotopic (exact) mass is 302 g/mol. The number of aryl methyl sites for hydroxylation is 1. The van der Waals surface area contributed by atoms with Gasteiger partial charge >= 0.3 is 0 Å². The Bertz CT molecular complexity index is 914. The highest BCUT2D eigenvalue weighted by Crippen LogP contribution is 2.39. The Balaban J connectivity index is 1.84. The predicted molar refractivity (Wildman–Crippen MR) is 93.4 cm³/mol. The number of fused-ring (bicyclic) bond motifs is 1. The molecule has 1 aromatic heterocycles. The van der Waals surface area contributed by atoms with Crippen LogP contribution in [0.5, 0.6) is 0 Å². The molecule has 4 rings (SSSR count). The summed E-state index contributed by atoms with van der Waals surface area (Å²) in [7, 11) is 0. The second kappa shape index (κ2) is 5.43. The number of allylic oxidation sites excluding steroid dienone is 1. The van der Waals surface area contributed by atoms with Crippen LogP contribution in [0.2, 0.25) is 0 Å². The summed E-state index contributed by atoms with van der Waals surface area (Å²) in [4.78, 5) is 12.2. The van der Waals surface area contributed by atoms with E-state index in [0.29, 0.717) is 0 Å². The van der Waals surface area contributed by atoms with E-state index in [-0.39, 0.29) is 11.5 Å². The van der Waals surface area contributed by atoms with Crippen LogP contribution in [0.1, 0.15) is 40.3 Å². The van der Waals surface area contributed by atoms with Crippen molar-refractivity contribution in [2.75, 3.05) is 0 Å². The molecular formula is C20H18N2O. The molecule has 2 aromatic carbocycles. The fourth-order valence-electron chi connectivity index (χ4n) is 3.33. The van der Waals surface area contributed by atoms with Gasteiger partial charge in [0, 0.05) is 5.92 Å². The van der Waals surface area contributed by atoms with Gasteiger partial charge in [0.1, 0.15) is 0 Å². The maximum Gasteiger partial charge on any atom is 0.268 e. The number of hydrogen-bond acceptors (Lipinski definition) is 1. The van der Waals surface area contributed by atoms with Crippen LogP contribution >= 0.6 is 0 Å². The van der Waals surface area contributed by atoms with Gasteiger partial charge in [-0.15, -0.1) is 0 Å². The van der Waals surface area contributed by atoms with Crippen LogP contribution in [0, 0.1) is 6.92 Å². The lowest BCUT2D eigenvalue weighted by Gasteiger charge is -2.23. The first-order valence-corrected chi connectivity index (χ1v) is 7.85. The van der Waals surface area contributed by atoms with Crippen molar-refractivity contribution >= 4 is 11.6 Å². The van der Waals surface area contributed by atoms with Crippen LogP contribution in [-0.2, 0) is 0 Å². The molecule has 0 radical (unpaired) electrons. The van der Waals surface area contributed by atoms with E-state index in [1.807, 2.05) is 18.2 Å². The van der Waals surface area contributed by atoms with E-state index in [2.05, 4.69) is 59.6 Å². The quantitative estimate of drug-likeness (QED) is 0.736. The maximum atomic E-state index is 12.2. The minimum absolute atomic E-state index is 0.0203. The van der Waals surface area contributed by atoms with E-state index in [4.69, 9.17) is 0 Å². The van der Waals surface area contributed by atoms with E-state index in [0.717, 1.165) is 17.7 Å². The van der Waals surface area contributed by atoms with Crippen LogP contribution in [0.4, 0.5) is 0 Å². The fraction of sp³-hybridized carbons (Fsp3) is 0.150. The molecule has 0 saturated heterocycles. The normalized spacial score (nSPS) is 16.7. The van der Waals surface area contributed by atoms with E-state index in [9.17, 15) is 4.79 Å². The Morgan fingerprint density at radius 1 is 0.957 bits per heavy atom. The average Bonchev–Trinajstić information content (AvgIpc) is 2.97. The number of nitrogens with one attached hydrogen (secondary N) is 2. The molecule has 0 fully saturated rings. The van der Waals surface area contributed by atoms with Gasteiger partial charge in [-0.05, 0) is 36.1 Å². The number of benzene rings is 2. The van der Waals surface area contributed by atoms with Gasteiger partial charge < -0.3 is 0 Å². The SMILES string of the molecule is Cc1ccc(C2=Cc3[nH][nH]c(=O)c3C(c3ccccc3)C2)cc1. The van der Waals surface area contributed by atoms with Crippen molar-refractivity contribution in [2.45, 2.75) is 19.3 Å². The summed E-state index contributed by atoms with van der Waals surface area (Å²) < 4.78 is 0. The highest BCUT2D eigenvalue weighted by atomic mass is 16.1. The molecule has 23 heavy (non-hydrogen) atoms. The van der Waals surface area contributed by atoms with Crippen molar-refractivity contribution in [3.63, 3.8) is 0 Å². The molecule has 0 amide bonds. The first-order chi connectivity index (χ1) is 11.2. The lowest BCUT2D eigenvalue weighted by Crippen LogP contribution is -2.16. The van der Waals surface area contributed by atoms with Gasteiger partial charge in [0.15, 0.2) is 0 Å². The van der Waals surface area contributed by atoms with Gasteiger partial charge in [0.05, 0.1) is 11.3 Å². The number of aromatic nitrogens is 2. The summed E-state index contributed by atoms with van der Waals surface area (Å²) in [5.41, 5.74) is 6.61. The molecule has 1 heterocycles. The molecule has 0 spiro atoms. The standard InChI is InChI=1S/C20H18N2O/c1-13-7-9-14(10-8-13)16-11-17(15-5-3-2-4-6-15)19-18(12-16)21-22-20(19)23/h2-10,12,17H,11H2,1H3,(H2,21,22,23). The van der Waals surface area contributed by atoms with Gasteiger partial charge in [0.25, 0.3) is 5.56 Å². The van der Waals surface area contributed by atoms with Crippen molar-refractivity contribution in [3.8, 4) is 0 Å². The van der Waals surface area contributed by atoms with Crippen molar-refractivity contribution in [1.29, 1.82) is 0 Å². The Kier molecular flexibility index (Phi) is 3.27. The van der Waals surface area contributed by atoms with Crippen molar-refractivity contribution in [3.05, 3.63) is 92.9 Å². The van der Waals surface area contributed by atoms with Crippen LogP contribution in [0.15, 0.2) is 59.4 Å².